The number of thiophene rings is 1. The van der Waals surface area contributed by atoms with Gasteiger partial charge in [-0.05, 0) is 54.1 Å². The molecule has 0 amide bonds. The van der Waals surface area contributed by atoms with Crippen LogP contribution in [0, 0.1) is 12.7 Å². The van der Waals surface area contributed by atoms with E-state index in [1.807, 2.05) is 0 Å². The van der Waals surface area contributed by atoms with Gasteiger partial charge < -0.3 is 0 Å². The summed E-state index contributed by atoms with van der Waals surface area (Å²) >= 11 is 1.81. The van der Waals surface area contributed by atoms with Crippen LogP contribution in [0.3, 0.4) is 0 Å². The Balaban J connectivity index is 1.44. The van der Waals surface area contributed by atoms with Crippen LogP contribution in [0.25, 0.3) is 0 Å². The maximum absolute atomic E-state index is 13.4. The smallest absolute Gasteiger partial charge is 0.243 e. The molecule has 128 valence electrons. The lowest BCUT2D eigenvalue weighted by Crippen LogP contribution is -2.61. The van der Waals surface area contributed by atoms with Crippen molar-refractivity contribution >= 4 is 21.4 Å². The van der Waals surface area contributed by atoms with Gasteiger partial charge in [-0.15, -0.1) is 11.3 Å². The van der Waals surface area contributed by atoms with Gasteiger partial charge in [0.2, 0.25) is 10.0 Å². The predicted octanol–water partition coefficient (Wildman–Crippen LogP) is 2.63. The third-order valence-electron chi connectivity index (χ3n) is 4.95. The molecular weight excluding hydrogens is 347 g/mol. The minimum Gasteiger partial charge on any atom is -0.293 e. The number of nitrogens with zero attached hydrogens (tertiary/aromatic N) is 2. The molecule has 7 heteroatoms. The molecule has 0 bridgehead atoms. The summed E-state index contributed by atoms with van der Waals surface area (Å²) < 4.78 is 40.2. The van der Waals surface area contributed by atoms with Crippen LogP contribution in [0.2, 0.25) is 0 Å². The lowest BCUT2D eigenvalue weighted by Gasteiger charge is -2.45. The molecule has 1 aromatic carbocycles. The lowest BCUT2D eigenvalue weighted by molar-refractivity contribution is 0.0775. The highest BCUT2D eigenvalue weighted by Gasteiger charge is 2.40. The Labute approximate surface area is 145 Å². The van der Waals surface area contributed by atoms with E-state index in [0.717, 1.165) is 19.5 Å². The first-order valence-electron chi connectivity index (χ1n) is 8.01. The first kappa shape index (κ1) is 16.2. The number of aryl methyl sites for hydroxylation is 1. The number of benzene rings is 1. The predicted molar refractivity (Wildman–Crippen MR) is 92.1 cm³/mol. The fourth-order valence-corrected chi connectivity index (χ4v) is 5.84. The van der Waals surface area contributed by atoms with Crippen LogP contribution in [0.15, 0.2) is 34.5 Å². The van der Waals surface area contributed by atoms with Crippen LogP contribution in [0.1, 0.15) is 16.0 Å². The maximum atomic E-state index is 13.4. The molecule has 1 saturated heterocycles. The molecule has 1 aromatic heterocycles. The topological polar surface area (TPSA) is 40.6 Å². The molecule has 0 atom stereocenters. The molecular formula is C17H19FN2O2S2. The van der Waals surface area contributed by atoms with Gasteiger partial charge in [-0.1, -0.05) is 0 Å². The Morgan fingerprint density at radius 1 is 1.25 bits per heavy atom. The van der Waals surface area contributed by atoms with Crippen LogP contribution in [-0.4, -0.2) is 43.3 Å². The van der Waals surface area contributed by atoms with Gasteiger partial charge in [-0.2, -0.15) is 4.31 Å². The Bertz CT molecular complexity index is 872. The summed E-state index contributed by atoms with van der Waals surface area (Å²) in [4.78, 5) is 4.01. The summed E-state index contributed by atoms with van der Waals surface area (Å²) in [5.41, 5.74) is 1.73. The lowest BCUT2D eigenvalue weighted by atomic mass is 10.0. The highest BCUT2D eigenvalue weighted by molar-refractivity contribution is 7.89. The summed E-state index contributed by atoms with van der Waals surface area (Å²) in [6.07, 6.45) is 1.05. The van der Waals surface area contributed by atoms with Crippen molar-refractivity contribution in [2.24, 2.45) is 0 Å². The van der Waals surface area contributed by atoms with E-state index in [2.05, 4.69) is 16.3 Å². The average molecular weight is 366 g/mol. The maximum Gasteiger partial charge on any atom is 0.243 e. The first-order valence-corrected chi connectivity index (χ1v) is 10.3. The molecule has 0 unspecified atom stereocenters. The molecule has 3 heterocycles. The van der Waals surface area contributed by atoms with Crippen LogP contribution < -0.4 is 0 Å². The highest BCUT2D eigenvalue weighted by atomic mass is 32.2. The third-order valence-corrected chi connectivity index (χ3v) is 7.80. The Morgan fingerprint density at radius 3 is 2.79 bits per heavy atom. The van der Waals surface area contributed by atoms with Crippen molar-refractivity contribution in [3.8, 4) is 0 Å². The number of hydrogen-bond donors (Lipinski definition) is 0. The van der Waals surface area contributed by atoms with Crippen molar-refractivity contribution in [2.75, 3.05) is 19.6 Å². The van der Waals surface area contributed by atoms with Crippen LogP contribution in [0.4, 0.5) is 4.39 Å². The zero-order chi connectivity index (χ0) is 16.9. The Kier molecular flexibility index (Phi) is 3.99. The number of rotatable bonds is 3. The second-order valence-electron chi connectivity index (χ2n) is 6.48. The zero-order valence-corrected chi connectivity index (χ0v) is 15.0. The summed E-state index contributed by atoms with van der Waals surface area (Å²) in [5.74, 6) is -0.379. The molecule has 2 aliphatic rings. The SMILES string of the molecule is Cc1cc(S(=O)(=O)N2CC(N3CCc4sccc4C3)C2)ccc1F. The third kappa shape index (κ3) is 2.69. The van der Waals surface area contributed by atoms with Gasteiger partial charge in [-0.3, -0.25) is 4.90 Å². The highest BCUT2D eigenvalue weighted by Crippen LogP contribution is 2.30. The zero-order valence-electron chi connectivity index (χ0n) is 13.4. The van der Waals surface area contributed by atoms with Crippen LogP contribution in [-0.2, 0) is 23.0 Å². The first-order chi connectivity index (χ1) is 11.4. The van der Waals surface area contributed by atoms with E-state index in [1.165, 1.54) is 32.9 Å². The second kappa shape index (κ2) is 5.91. The summed E-state index contributed by atoms with van der Waals surface area (Å²) in [6.45, 7) is 4.50. The minimum atomic E-state index is -3.52. The van der Waals surface area contributed by atoms with E-state index >= 15 is 0 Å². The average Bonchev–Trinajstić information content (AvgIpc) is 2.96. The molecule has 0 spiro atoms. The molecule has 24 heavy (non-hydrogen) atoms. The van der Waals surface area contributed by atoms with Crippen LogP contribution >= 0.6 is 11.3 Å². The van der Waals surface area contributed by atoms with Gasteiger partial charge in [-0.25, -0.2) is 12.8 Å². The Hall–Kier alpha value is -1.28. The van der Waals surface area contributed by atoms with Gasteiger partial charge in [0, 0.05) is 37.1 Å². The standard InChI is InChI=1S/C17H19FN2O2S2/c1-12-8-15(2-3-16(12)18)24(21,22)20-10-14(11-20)19-6-4-17-13(9-19)5-7-23-17/h2-3,5,7-8,14H,4,6,9-11H2,1H3. The van der Waals surface area contributed by atoms with Gasteiger partial charge >= 0.3 is 0 Å². The van der Waals surface area contributed by atoms with E-state index < -0.39 is 10.0 Å². The van der Waals surface area contributed by atoms with E-state index in [0.29, 0.717) is 18.7 Å². The van der Waals surface area contributed by atoms with Crippen molar-refractivity contribution < 1.29 is 12.8 Å². The quantitative estimate of drug-likeness (QED) is 0.838. The van der Waals surface area contributed by atoms with E-state index in [-0.39, 0.29) is 16.8 Å². The monoisotopic (exact) mass is 366 g/mol. The van der Waals surface area contributed by atoms with Crippen molar-refractivity contribution in [1.29, 1.82) is 0 Å². The molecule has 0 saturated carbocycles. The molecule has 1 fully saturated rings. The van der Waals surface area contributed by atoms with Crippen molar-refractivity contribution in [2.45, 2.75) is 30.8 Å². The number of sulfonamides is 1. The number of halogens is 1. The molecule has 0 radical (unpaired) electrons. The summed E-state index contributed by atoms with van der Waals surface area (Å²) in [6, 6.07) is 6.43. The van der Waals surface area contributed by atoms with Gasteiger partial charge in [0.25, 0.3) is 0 Å². The Morgan fingerprint density at radius 2 is 2.04 bits per heavy atom. The van der Waals surface area contributed by atoms with Crippen molar-refractivity contribution in [3.05, 3.63) is 51.5 Å². The molecule has 2 aliphatic heterocycles. The fourth-order valence-electron chi connectivity index (χ4n) is 3.35. The summed E-state index contributed by atoms with van der Waals surface area (Å²) in [7, 11) is -3.52. The van der Waals surface area contributed by atoms with E-state index in [4.69, 9.17) is 0 Å². The number of fused-ring (bicyclic) bond motifs is 1. The second-order valence-corrected chi connectivity index (χ2v) is 9.41. The van der Waals surface area contributed by atoms with Gasteiger partial charge in [0.1, 0.15) is 5.82 Å². The van der Waals surface area contributed by atoms with Gasteiger partial charge in [0.05, 0.1) is 4.90 Å². The largest absolute Gasteiger partial charge is 0.293 e. The molecule has 4 nitrogen and oxygen atoms in total. The molecule has 0 N–H and O–H groups in total. The van der Waals surface area contributed by atoms with Crippen molar-refractivity contribution in [3.63, 3.8) is 0 Å². The van der Waals surface area contributed by atoms with E-state index in [9.17, 15) is 12.8 Å². The molecule has 0 aliphatic carbocycles. The van der Waals surface area contributed by atoms with Crippen LogP contribution in [0.5, 0.6) is 0 Å². The molecule has 2 aromatic rings. The minimum absolute atomic E-state index is 0.179. The number of hydrogen-bond acceptors (Lipinski definition) is 4. The van der Waals surface area contributed by atoms with Crippen molar-refractivity contribution in [1.82, 2.24) is 9.21 Å². The van der Waals surface area contributed by atoms with Gasteiger partial charge in [0.15, 0.2) is 0 Å². The molecule has 4 rings (SSSR count). The fraction of sp³-hybridized carbons (Fsp3) is 0.412. The summed E-state index contributed by atoms with van der Waals surface area (Å²) in [5, 5.41) is 2.13. The normalized spacial score (nSPS) is 19.9. The van der Waals surface area contributed by atoms with E-state index in [1.54, 1.807) is 18.3 Å².